The maximum absolute atomic E-state index is 10.1. The number of anilines is 1. The van der Waals surface area contributed by atoms with E-state index >= 15 is 0 Å². The van der Waals surface area contributed by atoms with Crippen LogP contribution in [0, 0.1) is 0 Å². The van der Waals surface area contributed by atoms with Gasteiger partial charge in [0, 0.05) is 32.7 Å². The number of nitrogens with one attached hydrogen (secondary N) is 1. The molecule has 0 radical (unpaired) electrons. The maximum Gasteiger partial charge on any atom is 0.198 e. The zero-order valence-corrected chi connectivity index (χ0v) is 14.9. The summed E-state index contributed by atoms with van der Waals surface area (Å²) in [6.45, 7) is 4.55. The van der Waals surface area contributed by atoms with E-state index in [0.29, 0.717) is 11.7 Å². The summed E-state index contributed by atoms with van der Waals surface area (Å²) in [5.74, 6) is 1.12. The summed E-state index contributed by atoms with van der Waals surface area (Å²) in [7, 11) is 0. The number of hydrogen-bond acceptors (Lipinski definition) is 4. The first kappa shape index (κ1) is 18.0. The molecule has 1 heterocycles. The molecule has 0 bridgehead atoms. The molecule has 6 heteroatoms. The monoisotopic (exact) mass is 346 g/mol. The zero-order chi connectivity index (χ0) is 17.5. The molecule has 3 N–H and O–H groups in total. The molecule has 1 aromatic carbocycles. The first-order chi connectivity index (χ1) is 12.3. The van der Waals surface area contributed by atoms with Crippen molar-refractivity contribution < 1.29 is 10.2 Å². The maximum atomic E-state index is 10.1. The molecular weight excluding hydrogens is 316 g/mol. The molecule has 1 aliphatic heterocycles. The summed E-state index contributed by atoms with van der Waals surface area (Å²) in [4.78, 5) is 9.56. The van der Waals surface area contributed by atoms with E-state index in [1.165, 1.54) is 19.3 Å². The molecule has 1 saturated heterocycles. The highest BCUT2D eigenvalue weighted by Crippen LogP contribution is 2.24. The van der Waals surface area contributed by atoms with E-state index in [1.54, 1.807) is 6.07 Å². The minimum absolute atomic E-state index is 0.207. The Bertz CT molecular complexity index is 564. The number of rotatable bonds is 4. The van der Waals surface area contributed by atoms with E-state index in [-0.39, 0.29) is 12.4 Å². The van der Waals surface area contributed by atoms with E-state index in [1.807, 2.05) is 18.2 Å². The summed E-state index contributed by atoms with van der Waals surface area (Å²) in [6.07, 6.45) is 6.12. The number of benzene rings is 1. The van der Waals surface area contributed by atoms with E-state index in [2.05, 4.69) is 15.1 Å². The quantitative estimate of drug-likeness (QED) is 0.442. The minimum Gasteiger partial charge on any atom is -0.506 e. The van der Waals surface area contributed by atoms with E-state index < -0.39 is 0 Å². The Labute approximate surface area is 150 Å². The number of aliphatic hydroxyl groups excluding tert-OH is 1. The summed E-state index contributed by atoms with van der Waals surface area (Å²) in [5.41, 5.74) is 0.704. The average molecular weight is 346 g/mol. The van der Waals surface area contributed by atoms with Gasteiger partial charge in [-0.25, -0.2) is 4.99 Å². The fourth-order valence-corrected chi connectivity index (χ4v) is 3.60. The van der Waals surface area contributed by atoms with Crippen LogP contribution in [0.1, 0.15) is 32.1 Å². The summed E-state index contributed by atoms with van der Waals surface area (Å²) >= 11 is 0. The average Bonchev–Trinajstić information content (AvgIpc) is 2.65. The Balaban J connectivity index is 1.72. The van der Waals surface area contributed by atoms with Crippen LogP contribution in [0.25, 0.3) is 0 Å². The minimum atomic E-state index is 0.207. The Morgan fingerprint density at radius 1 is 1.08 bits per heavy atom. The van der Waals surface area contributed by atoms with Gasteiger partial charge < -0.3 is 20.4 Å². The standard InChI is InChI=1S/C19H30N4O2/c24-15-14-22-10-12-23(13-11-22)19(20-16-6-2-1-3-7-16)21-17-8-4-5-9-18(17)25/h4-5,8-9,16,24-25H,1-3,6-7,10-15H2,(H,20,21). The number of phenols is 1. The van der Waals surface area contributed by atoms with E-state index in [0.717, 1.165) is 51.5 Å². The topological polar surface area (TPSA) is 71.3 Å². The molecule has 0 amide bonds. The van der Waals surface area contributed by atoms with Gasteiger partial charge in [0.15, 0.2) is 5.96 Å². The number of aliphatic imine (C=N–C) groups is 1. The predicted octanol–water partition coefficient (Wildman–Crippen LogP) is 2.10. The van der Waals surface area contributed by atoms with Crippen molar-refractivity contribution in [2.45, 2.75) is 38.1 Å². The molecule has 0 spiro atoms. The number of piperazine rings is 1. The summed E-state index contributed by atoms with van der Waals surface area (Å²) in [5, 5.41) is 22.6. The largest absolute Gasteiger partial charge is 0.506 e. The molecule has 138 valence electrons. The molecule has 25 heavy (non-hydrogen) atoms. The predicted molar refractivity (Wildman–Crippen MR) is 101 cm³/mol. The number of para-hydroxylation sites is 2. The molecule has 1 saturated carbocycles. The van der Waals surface area contributed by atoms with E-state index in [9.17, 15) is 5.11 Å². The third kappa shape index (κ3) is 5.09. The lowest BCUT2D eigenvalue weighted by atomic mass is 9.96. The van der Waals surface area contributed by atoms with Crippen molar-refractivity contribution in [2.75, 3.05) is 44.6 Å². The fourth-order valence-electron chi connectivity index (χ4n) is 3.60. The van der Waals surface area contributed by atoms with Crippen molar-refractivity contribution in [2.24, 2.45) is 4.99 Å². The van der Waals surface area contributed by atoms with Crippen LogP contribution in [-0.4, -0.2) is 71.3 Å². The number of guanidine groups is 1. The highest BCUT2D eigenvalue weighted by Gasteiger charge is 2.22. The third-order valence-corrected chi connectivity index (χ3v) is 5.12. The van der Waals surface area contributed by atoms with Gasteiger partial charge in [0.1, 0.15) is 5.75 Å². The van der Waals surface area contributed by atoms with Crippen molar-refractivity contribution in [3.05, 3.63) is 24.3 Å². The van der Waals surface area contributed by atoms with Crippen LogP contribution in [0.3, 0.4) is 0 Å². The number of phenolic OH excluding ortho intramolecular Hbond substituents is 1. The smallest absolute Gasteiger partial charge is 0.198 e. The van der Waals surface area contributed by atoms with Gasteiger partial charge in [0.25, 0.3) is 0 Å². The third-order valence-electron chi connectivity index (χ3n) is 5.12. The first-order valence-electron chi connectivity index (χ1n) is 9.47. The van der Waals surface area contributed by atoms with E-state index in [4.69, 9.17) is 10.1 Å². The van der Waals surface area contributed by atoms with Crippen molar-refractivity contribution in [3.8, 4) is 5.75 Å². The fraction of sp³-hybridized carbons (Fsp3) is 0.632. The number of hydrogen-bond donors (Lipinski definition) is 3. The molecule has 1 aromatic rings. The van der Waals surface area contributed by atoms with Gasteiger partial charge in [-0.15, -0.1) is 0 Å². The van der Waals surface area contributed by atoms with Crippen LogP contribution in [0.4, 0.5) is 5.69 Å². The molecule has 0 atom stereocenters. The lowest BCUT2D eigenvalue weighted by Gasteiger charge is -2.37. The molecule has 6 nitrogen and oxygen atoms in total. The van der Waals surface area contributed by atoms with Crippen molar-refractivity contribution >= 4 is 11.6 Å². The molecule has 0 unspecified atom stereocenters. The van der Waals surface area contributed by atoms with Crippen LogP contribution >= 0.6 is 0 Å². The normalized spacial score (nSPS) is 20.7. The Hall–Kier alpha value is -1.79. The Morgan fingerprint density at radius 2 is 1.80 bits per heavy atom. The van der Waals surface area contributed by atoms with Crippen LogP contribution in [0.5, 0.6) is 5.75 Å². The second-order valence-corrected chi connectivity index (χ2v) is 6.94. The Morgan fingerprint density at radius 3 is 2.48 bits per heavy atom. The summed E-state index contributed by atoms with van der Waals surface area (Å²) in [6, 6.07) is 7.69. The van der Waals surface area contributed by atoms with Crippen LogP contribution in [0.15, 0.2) is 29.3 Å². The highest BCUT2D eigenvalue weighted by molar-refractivity contribution is 5.95. The second kappa shape index (κ2) is 9.06. The SMILES string of the molecule is OCCN1CCN(C(=NC2CCCCC2)Nc2ccccc2O)CC1. The number of aromatic hydroxyl groups is 1. The van der Waals surface area contributed by atoms with Crippen molar-refractivity contribution in [3.63, 3.8) is 0 Å². The van der Waals surface area contributed by atoms with Gasteiger partial charge >= 0.3 is 0 Å². The molecule has 1 aliphatic carbocycles. The number of β-amino-alcohol motifs (C(OH)–C–C–N with tert-alkyl or cyclic N) is 1. The molecule has 3 rings (SSSR count). The molecule has 2 fully saturated rings. The Kier molecular flexibility index (Phi) is 6.53. The highest BCUT2D eigenvalue weighted by atomic mass is 16.3. The number of aliphatic hydroxyl groups is 1. The van der Waals surface area contributed by atoms with Crippen LogP contribution < -0.4 is 5.32 Å². The number of nitrogens with zero attached hydrogens (tertiary/aromatic N) is 3. The summed E-state index contributed by atoms with van der Waals surface area (Å²) < 4.78 is 0. The molecule has 2 aliphatic rings. The molecular formula is C19H30N4O2. The van der Waals surface area contributed by atoms with Crippen molar-refractivity contribution in [1.82, 2.24) is 9.80 Å². The van der Waals surface area contributed by atoms with Crippen molar-refractivity contribution in [1.29, 1.82) is 0 Å². The van der Waals surface area contributed by atoms with Gasteiger partial charge in [-0.3, -0.25) is 4.90 Å². The van der Waals surface area contributed by atoms with Gasteiger partial charge in [-0.05, 0) is 25.0 Å². The van der Waals surface area contributed by atoms with Gasteiger partial charge in [-0.1, -0.05) is 31.4 Å². The first-order valence-corrected chi connectivity index (χ1v) is 9.47. The molecule has 0 aromatic heterocycles. The lowest BCUT2D eigenvalue weighted by molar-refractivity contribution is 0.146. The zero-order valence-electron chi connectivity index (χ0n) is 14.9. The van der Waals surface area contributed by atoms with Crippen LogP contribution in [0.2, 0.25) is 0 Å². The second-order valence-electron chi connectivity index (χ2n) is 6.94. The van der Waals surface area contributed by atoms with Crippen LogP contribution in [-0.2, 0) is 0 Å². The van der Waals surface area contributed by atoms with Gasteiger partial charge in [-0.2, -0.15) is 0 Å². The van der Waals surface area contributed by atoms with Gasteiger partial charge in [0.05, 0.1) is 18.3 Å². The van der Waals surface area contributed by atoms with Gasteiger partial charge in [0.2, 0.25) is 0 Å². The lowest BCUT2D eigenvalue weighted by Crippen LogP contribution is -2.51.